The van der Waals surface area contributed by atoms with Gasteiger partial charge in [0.1, 0.15) is 5.69 Å². The number of carbonyl (C=O) groups excluding carboxylic acids is 1. The molecule has 1 fully saturated rings. The van der Waals surface area contributed by atoms with Crippen molar-refractivity contribution in [1.29, 1.82) is 0 Å². The molecule has 0 saturated carbocycles. The number of nitro benzene ring substituents is 1. The van der Waals surface area contributed by atoms with Gasteiger partial charge in [-0.1, -0.05) is 19.1 Å². The predicted molar refractivity (Wildman–Crippen MR) is 70.0 cm³/mol. The normalized spacial score (nSPS) is 22.3. The van der Waals surface area contributed by atoms with E-state index in [0.717, 1.165) is 0 Å². The Morgan fingerprint density at radius 1 is 1.42 bits per heavy atom. The Morgan fingerprint density at radius 3 is 2.74 bits per heavy atom. The van der Waals surface area contributed by atoms with Crippen LogP contribution in [0.25, 0.3) is 0 Å². The summed E-state index contributed by atoms with van der Waals surface area (Å²) in [6, 6.07) is 6.59. The van der Waals surface area contributed by atoms with Crippen LogP contribution in [0.3, 0.4) is 0 Å². The molecular weight excluding hydrogens is 248 g/mol. The quantitative estimate of drug-likeness (QED) is 0.473. The molecule has 2 rings (SSSR count). The molecule has 0 spiro atoms. The standard InChI is InChI=1S/C13H16N2O4/c1-9-7-14(8-10(9)13(16)19-2)11-5-3-4-6-12(11)15(17)18/h3-6,9-10H,7-8H2,1-2H3. The van der Waals surface area contributed by atoms with Gasteiger partial charge in [-0.15, -0.1) is 0 Å². The summed E-state index contributed by atoms with van der Waals surface area (Å²) >= 11 is 0. The SMILES string of the molecule is COC(=O)C1CN(c2ccccc2[N+](=O)[O-])CC1C. The number of benzene rings is 1. The summed E-state index contributed by atoms with van der Waals surface area (Å²) in [5.41, 5.74) is 0.631. The molecular formula is C13H16N2O4. The first-order chi connectivity index (χ1) is 9.04. The number of nitrogens with zero attached hydrogens (tertiary/aromatic N) is 2. The van der Waals surface area contributed by atoms with E-state index >= 15 is 0 Å². The van der Waals surface area contributed by atoms with Crippen molar-refractivity contribution >= 4 is 17.3 Å². The van der Waals surface area contributed by atoms with Gasteiger partial charge in [0.05, 0.1) is 18.0 Å². The van der Waals surface area contributed by atoms with E-state index in [9.17, 15) is 14.9 Å². The highest BCUT2D eigenvalue weighted by molar-refractivity contribution is 5.75. The summed E-state index contributed by atoms with van der Waals surface area (Å²) in [7, 11) is 1.36. The minimum atomic E-state index is -0.397. The van der Waals surface area contributed by atoms with Crippen LogP contribution in [0.2, 0.25) is 0 Å². The maximum atomic E-state index is 11.6. The Balaban J connectivity index is 2.25. The van der Waals surface area contributed by atoms with Gasteiger partial charge in [-0.05, 0) is 12.0 Å². The number of carbonyl (C=O) groups is 1. The Labute approximate surface area is 111 Å². The van der Waals surface area contributed by atoms with Crippen LogP contribution in [0, 0.1) is 22.0 Å². The van der Waals surface area contributed by atoms with Crippen LogP contribution in [0.5, 0.6) is 0 Å². The molecule has 1 aromatic rings. The van der Waals surface area contributed by atoms with Gasteiger partial charge in [0, 0.05) is 19.2 Å². The maximum absolute atomic E-state index is 11.6. The number of ether oxygens (including phenoxy) is 1. The second-order valence-electron chi connectivity index (χ2n) is 4.76. The molecule has 1 aliphatic rings. The molecule has 102 valence electrons. The monoisotopic (exact) mass is 264 g/mol. The van der Waals surface area contributed by atoms with Crippen LogP contribution in [-0.2, 0) is 9.53 Å². The van der Waals surface area contributed by atoms with Crippen LogP contribution in [0.15, 0.2) is 24.3 Å². The number of para-hydroxylation sites is 2. The summed E-state index contributed by atoms with van der Waals surface area (Å²) in [5.74, 6) is -0.370. The van der Waals surface area contributed by atoms with Gasteiger partial charge < -0.3 is 9.64 Å². The molecule has 0 radical (unpaired) electrons. The average Bonchev–Trinajstić information content (AvgIpc) is 2.79. The average molecular weight is 264 g/mol. The molecule has 1 saturated heterocycles. The molecule has 0 amide bonds. The molecule has 2 atom stereocenters. The highest BCUT2D eigenvalue weighted by Gasteiger charge is 2.37. The number of nitro groups is 1. The van der Waals surface area contributed by atoms with Crippen LogP contribution in [0.1, 0.15) is 6.92 Å². The third kappa shape index (κ3) is 2.52. The molecule has 1 heterocycles. The molecule has 0 aliphatic carbocycles. The lowest BCUT2D eigenvalue weighted by atomic mass is 9.99. The van der Waals surface area contributed by atoms with Gasteiger partial charge in [0.2, 0.25) is 0 Å². The number of anilines is 1. The molecule has 6 nitrogen and oxygen atoms in total. The minimum Gasteiger partial charge on any atom is -0.469 e. The van der Waals surface area contributed by atoms with Gasteiger partial charge in [0.25, 0.3) is 5.69 Å². The van der Waals surface area contributed by atoms with Crippen LogP contribution < -0.4 is 4.90 Å². The zero-order valence-corrected chi connectivity index (χ0v) is 10.9. The molecule has 6 heteroatoms. The van der Waals surface area contributed by atoms with E-state index in [-0.39, 0.29) is 23.5 Å². The first-order valence-electron chi connectivity index (χ1n) is 6.10. The van der Waals surface area contributed by atoms with E-state index in [1.165, 1.54) is 13.2 Å². The van der Waals surface area contributed by atoms with E-state index in [2.05, 4.69) is 0 Å². The number of hydrogen-bond donors (Lipinski definition) is 0. The summed E-state index contributed by atoms with van der Waals surface area (Å²) < 4.78 is 4.77. The van der Waals surface area contributed by atoms with E-state index in [1.807, 2.05) is 11.8 Å². The fourth-order valence-corrected chi connectivity index (χ4v) is 2.51. The topological polar surface area (TPSA) is 72.7 Å². The first kappa shape index (κ1) is 13.3. The van der Waals surface area contributed by atoms with Gasteiger partial charge in [-0.3, -0.25) is 14.9 Å². The zero-order valence-electron chi connectivity index (χ0n) is 10.9. The summed E-state index contributed by atoms with van der Waals surface area (Å²) in [6.45, 7) is 3.03. The van der Waals surface area contributed by atoms with Crippen LogP contribution in [-0.4, -0.2) is 31.1 Å². The Bertz CT molecular complexity index is 503. The third-order valence-corrected chi connectivity index (χ3v) is 3.54. The van der Waals surface area contributed by atoms with E-state index in [1.54, 1.807) is 18.2 Å². The fourth-order valence-electron chi connectivity index (χ4n) is 2.51. The van der Waals surface area contributed by atoms with Crippen LogP contribution in [0.4, 0.5) is 11.4 Å². The van der Waals surface area contributed by atoms with Crippen molar-refractivity contribution in [1.82, 2.24) is 0 Å². The molecule has 19 heavy (non-hydrogen) atoms. The minimum absolute atomic E-state index is 0.0696. The van der Waals surface area contributed by atoms with E-state index in [4.69, 9.17) is 4.74 Å². The second kappa shape index (κ2) is 5.26. The lowest BCUT2D eigenvalue weighted by molar-refractivity contribution is -0.384. The van der Waals surface area contributed by atoms with Gasteiger partial charge in [-0.25, -0.2) is 0 Å². The Kier molecular flexibility index (Phi) is 3.69. The number of esters is 1. The Hall–Kier alpha value is -2.11. The zero-order chi connectivity index (χ0) is 14.0. The lowest BCUT2D eigenvalue weighted by Crippen LogP contribution is -2.24. The van der Waals surface area contributed by atoms with Gasteiger partial charge >= 0.3 is 5.97 Å². The number of rotatable bonds is 3. The van der Waals surface area contributed by atoms with Crippen LogP contribution >= 0.6 is 0 Å². The van der Waals surface area contributed by atoms with Crippen molar-refractivity contribution in [3.63, 3.8) is 0 Å². The van der Waals surface area contributed by atoms with Crippen molar-refractivity contribution in [2.24, 2.45) is 11.8 Å². The highest BCUT2D eigenvalue weighted by Crippen LogP contribution is 2.34. The third-order valence-electron chi connectivity index (χ3n) is 3.54. The molecule has 0 bridgehead atoms. The summed E-state index contributed by atoms with van der Waals surface area (Å²) in [6.07, 6.45) is 0. The van der Waals surface area contributed by atoms with Crippen molar-refractivity contribution in [2.45, 2.75) is 6.92 Å². The fraction of sp³-hybridized carbons (Fsp3) is 0.462. The lowest BCUT2D eigenvalue weighted by Gasteiger charge is -2.17. The maximum Gasteiger partial charge on any atom is 0.310 e. The number of methoxy groups -OCH3 is 1. The molecule has 0 aromatic heterocycles. The molecule has 1 aromatic carbocycles. The smallest absolute Gasteiger partial charge is 0.310 e. The van der Waals surface area contributed by atoms with Crippen molar-refractivity contribution in [3.8, 4) is 0 Å². The van der Waals surface area contributed by atoms with E-state index in [0.29, 0.717) is 18.8 Å². The molecule has 0 N–H and O–H groups in total. The number of hydrogen-bond acceptors (Lipinski definition) is 5. The summed E-state index contributed by atoms with van der Waals surface area (Å²) in [5, 5.41) is 11.0. The van der Waals surface area contributed by atoms with Gasteiger partial charge in [-0.2, -0.15) is 0 Å². The predicted octanol–water partition coefficient (Wildman–Crippen LogP) is 1.84. The van der Waals surface area contributed by atoms with Crippen molar-refractivity contribution in [3.05, 3.63) is 34.4 Å². The van der Waals surface area contributed by atoms with E-state index < -0.39 is 4.92 Å². The van der Waals surface area contributed by atoms with Crippen molar-refractivity contribution < 1.29 is 14.5 Å². The largest absolute Gasteiger partial charge is 0.469 e. The van der Waals surface area contributed by atoms with Crippen molar-refractivity contribution in [2.75, 3.05) is 25.1 Å². The Morgan fingerprint density at radius 2 is 2.11 bits per heavy atom. The highest BCUT2D eigenvalue weighted by atomic mass is 16.6. The van der Waals surface area contributed by atoms with Gasteiger partial charge in [0.15, 0.2) is 0 Å². The molecule has 1 aliphatic heterocycles. The first-order valence-corrected chi connectivity index (χ1v) is 6.10. The molecule has 2 unspecified atom stereocenters. The second-order valence-corrected chi connectivity index (χ2v) is 4.76. The summed E-state index contributed by atoms with van der Waals surface area (Å²) in [4.78, 5) is 24.1.